The minimum Gasteiger partial charge on any atom is -0.493 e. The van der Waals surface area contributed by atoms with Gasteiger partial charge in [0, 0.05) is 25.3 Å². The number of hydrogen-bond donors (Lipinski definition) is 0. The molecule has 3 aromatic rings. The third-order valence-electron chi connectivity index (χ3n) is 4.24. The largest absolute Gasteiger partial charge is 0.493 e. The normalized spacial score (nSPS) is 11.3. The number of benzene rings is 2. The second kappa shape index (κ2) is 8.87. The van der Waals surface area contributed by atoms with E-state index >= 15 is 0 Å². The summed E-state index contributed by atoms with van der Waals surface area (Å²) in [6.45, 7) is 0. The molecule has 29 heavy (non-hydrogen) atoms. The van der Waals surface area contributed by atoms with Crippen molar-refractivity contribution in [3.63, 3.8) is 0 Å². The highest BCUT2D eigenvalue weighted by atomic mass is 35.5. The van der Waals surface area contributed by atoms with Crippen LogP contribution in [0.15, 0.2) is 40.8 Å². The van der Waals surface area contributed by atoms with Crippen LogP contribution in [0.4, 0.5) is 5.69 Å². The molecule has 0 bridgehead atoms. The minimum atomic E-state index is 0.215. The first-order valence-corrected chi connectivity index (χ1v) is 9.13. The van der Waals surface area contributed by atoms with Gasteiger partial charge in [-0.25, -0.2) is 0 Å². The standard InChI is InChI=1S/C21H22ClN3O4/c1-25(2)15-8-6-13(7-9-15)10-16(22)21-24-23-20(29-21)14-11-17(26-3)19(28-5)18(12-14)27-4/h6-12H,1-5H3/b16-10-. The van der Waals surface area contributed by atoms with Crippen molar-refractivity contribution in [1.82, 2.24) is 10.2 Å². The van der Waals surface area contributed by atoms with Gasteiger partial charge < -0.3 is 23.5 Å². The lowest BCUT2D eigenvalue weighted by Gasteiger charge is -2.12. The zero-order valence-corrected chi connectivity index (χ0v) is 17.6. The van der Waals surface area contributed by atoms with Gasteiger partial charge >= 0.3 is 0 Å². The van der Waals surface area contributed by atoms with Crippen LogP contribution >= 0.6 is 11.6 Å². The molecule has 0 aliphatic heterocycles. The third-order valence-corrected chi connectivity index (χ3v) is 4.51. The van der Waals surface area contributed by atoms with Crippen LogP contribution in [-0.2, 0) is 0 Å². The molecule has 3 rings (SSSR count). The van der Waals surface area contributed by atoms with Crippen LogP contribution in [0.2, 0.25) is 0 Å². The fourth-order valence-electron chi connectivity index (χ4n) is 2.72. The van der Waals surface area contributed by atoms with Crippen molar-refractivity contribution >= 4 is 28.4 Å². The Labute approximate surface area is 174 Å². The van der Waals surface area contributed by atoms with E-state index in [9.17, 15) is 0 Å². The predicted octanol–water partition coefficient (Wildman–Crippen LogP) is 4.57. The van der Waals surface area contributed by atoms with Gasteiger partial charge in [-0.05, 0) is 35.9 Å². The monoisotopic (exact) mass is 415 g/mol. The highest BCUT2D eigenvalue weighted by Gasteiger charge is 2.18. The molecule has 0 spiro atoms. The smallest absolute Gasteiger partial charge is 0.259 e. The maximum absolute atomic E-state index is 6.39. The number of aromatic nitrogens is 2. The maximum atomic E-state index is 6.39. The molecule has 0 radical (unpaired) electrons. The maximum Gasteiger partial charge on any atom is 0.259 e. The van der Waals surface area contributed by atoms with E-state index in [-0.39, 0.29) is 11.8 Å². The van der Waals surface area contributed by atoms with Gasteiger partial charge in [-0.15, -0.1) is 10.2 Å². The van der Waals surface area contributed by atoms with Crippen molar-refractivity contribution in [2.24, 2.45) is 0 Å². The zero-order chi connectivity index (χ0) is 21.0. The van der Waals surface area contributed by atoms with Gasteiger partial charge in [0.25, 0.3) is 5.89 Å². The van der Waals surface area contributed by atoms with Gasteiger partial charge in [-0.1, -0.05) is 23.7 Å². The van der Waals surface area contributed by atoms with Crippen LogP contribution in [0.5, 0.6) is 17.2 Å². The lowest BCUT2D eigenvalue weighted by molar-refractivity contribution is 0.324. The van der Waals surface area contributed by atoms with Gasteiger partial charge in [0.15, 0.2) is 11.5 Å². The van der Waals surface area contributed by atoms with E-state index in [1.165, 1.54) is 0 Å². The molecule has 0 atom stereocenters. The molecule has 0 N–H and O–H groups in total. The summed E-state index contributed by atoms with van der Waals surface area (Å²) in [6.07, 6.45) is 1.77. The number of methoxy groups -OCH3 is 3. The van der Waals surface area contributed by atoms with E-state index in [1.54, 1.807) is 39.5 Å². The van der Waals surface area contributed by atoms with Crippen LogP contribution in [-0.4, -0.2) is 45.6 Å². The van der Waals surface area contributed by atoms with Gasteiger partial charge in [0.2, 0.25) is 11.6 Å². The van der Waals surface area contributed by atoms with Gasteiger partial charge in [-0.3, -0.25) is 0 Å². The highest BCUT2D eigenvalue weighted by molar-refractivity contribution is 6.50. The van der Waals surface area contributed by atoms with Gasteiger partial charge in [-0.2, -0.15) is 0 Å². The molecule has 0 saturated heterocycles. The average molecular weight is 416 g/mol. The molecule has 0 aliphatic rings. The molecule has 0 saturated carbocycles. The topological polar surface area (TPSA) is 69.9 Å². The predicted molar refractivity (Wildman–Crippen MR) is 114 cm³/mol. The van der Waals surface area contributed by atoms with Crippen molar-refractivity contribution in [1.29, 1.82) is 0 Å². The first kappa shape index (κ1) is 20.5. The summed E-state index contributed by atoms with van der Waals surface area (Å²) in [5.41, 5.74) is 2.65. The molecule has 0 aliphatic carbocycles. The van der Waals surface area contributed by atoms with Crippen molar-refractivity contribution in [2.75, 3.05) is 40.3 Å². The molecule has 152 valence electrons. The Hall–Kier alpha value is -3.19. The molecule has 1 heterocycles. The van der Waals surface area contributed by atoms with Crippen molar-refractivity contribution in [2.45, 2.75) is 0 Å². The molecule has 1 aromatic heterocycles. The summed E-state index contributed by atoms with van der Waals surface area (Å²) in [5.74, 6) is 1.96. The molecule has 0 amide bonds. The van der Waals surface area contributed by atoms with E-state index in [1.807, 2.05) is 43.3 Å². The van der Waals surface area contributed by atoms with Crippen molar-refractivity contribution in [3.05, 3.63) is 47.9 Å². The number of hydrogen-bond acceptors (Lipinski definition) is 7. The number of anilines is 1. The summed E-state index contributed by atoms with van der Waals surface area (Å²) < 4.78 is 21.8. The van der Waals surface area contributed by atoms with E-state index in [0.29, 0.717) is 27.8 Å². The summed E-state index contributed by atoms with van der Waals surface area (Å²) >= 11 is 6.39. The van der Waals surface area contributed by atoms with E-state index < -0.39 is 0 Å². The Morgan fingerprint density at radius 1 is 0.966 bits per heavy atom. The quantitative estimate of drug-likeness (QED) is 0.560. The Morgan fingerprint density at radius 2 is 1.59 bits per heavy atom. The lowest BCUT2D eigenvalue weighted by atomic mass is 10.2. The summed E-state index contributed by atoms with van der Waals surface area (Å²) in [4.78, 5) is 2.02. The van der Waals surface area contributed by atoms with Crippen molar-refractivity contribution in [3.8, 4) is 28.7 Å². The lowest BCUT2D eigenvalue weighted by Crippen LogP contribution is -2.07. The van der Waals surface area contributed by atoms with Gasteiger partial charge in [0.05, 0.1) is 21.3 Å². The van der Waals surface area contributed by atoms with E-state index in [4.69, 9.17) is 30.2 Å². The van der Waals surface area contributed by atoms with Crippen LogP contribution in [0.1, 0.15) is 11.5 Å². The SMILES string of the molecule is COc1cc(-c2nnc(/C(Cl)=C/c3ccc(N(C)C)cc3)o2)cc(OC)c1OC. The van der Waals surface area contributed by atoms with Crippen LogP contribution in [0, 0.1) is 0 Å². The molecule has 7 nitrogen and oxygen atoms in total. The third kappa shape index (κ3) is 4.46. The Morgan fingerprint density at radius 3 is 2.10 bits per heavy atom. The van der Waals surface area contributed by atoms with E-state index in [2.05, 4.69) is 10.2 Å². The first-order chi connectivity index (χ1) is 14.0. The number of nitrogens with zero attached hydrogens (tertiary/aromatic N) is 3. The Bertz CT molecular complexity index is 988. The molecular formula is C21H22ClN3O4. The number of halogens is 1. The number of ether oxygens (including phenoxy) is 3. The fraction of sp³-hybridized carbons (Fsp3) is 0.238. The average Bonchev–Trinajstić information content (AvgIpc) is 3.23. The first-order valence-electron chi connectivity index (χ1n) is 8.75. The van der Waals surface area contributed by atoms with Gasteiger partial charge in [0.1, 0.15) is 5.03 Å². The molecule has 0 unspecified atom stereocenters. The van der Waals surface area contributed by atoms with E-state index in [0.717, 1.165) is 11.3 Å². The van der Waals surface area contributed by atoms with Crippen molar-refractivity contribution < 1.29 is 18.6 Å². The van der Waals surface area contributed by atoms with Crippen LogP contribution in [0.3, 0.4) is 0 Å². The molecule has 8 heteroatoms. The minimum absolute atomic E-state index is 0.215. The number of rotatable bonds is 7. The summed E-state index contributed by atoms with van der Waals surface area (Å²) in [6, 6.07) is 11.4. The van der Waals surface area contributed by atoms with Crippen LogP contribution < -0.4 is 19.1 Å². The second-order valence-electron chi connectivity index (χ2n) is 6.30. The molecule has 2 aromatic carbocycles. The highest BCUT2D eigenvalue weighted by Crippen LogP contribution is 2.41. The summed E-state index contributed by atoms with van der Waals surface area (Å²) in [5, 5.41) is 8.48. The Balaban J connectivity index is 1.90. The fourth-order valence-corrected chi connectivity index (χ4v) is 2.92. The molecular weight excluding hydrogens is 394 g/mol. The van der Waals surface area contributed by atoms with Crippen LogP contribution in [0.25, 0.3) is 22.6 Å². The Kier molecular flexibility index (Phi) is 6.29. The zero-order valence-electron chi connectivity index (χ0n) is 16.9. The summed E-state index contributed by atoms with van der Waals surface area (Å²) in [7, 11) is 8.60. The molecule has 0 fully saturated rings. The second-order valence-corrected chi connectivity index (χ2v) is 6.71.